The molecule has 6 heteroatoms. The van der Waals surface area contributed by atoms with Crippen LogP contribution in [0.25, 0.3) is 0 Å². The number of fused-ring (bicyclic) bond motifs is 1. The number of hydrogen-bond donors (Lipinski definition) is 3. The van der Waals surface area contributed by atoms with E-state index in [4.69, 9.17) is 14.2 Å². The first kappa shape index (κ1) is 13.0. The van der Waals surface area contributed by atoms with Crippen molar-refractivity contribution in [2.45, 2.75) is 37.0 Å². The number of hydrogen-bond acceptors (Lipinski definition) is 6. The Morgan fingerprint density at radius 1 is 0.947 bits per heavy atom. The van der Waals surface area contributed by atoms with E-state index in [9.17, 15) is 15.3 Å². The van der Waals surface area contributed by atoms with Gasteiger partial charge in [0.2, 0.25) is 0 Å². The molecule has 0 bridgehead atoms. The molecule has 2 fully saturated rings. The zero-order valence-electron chi connectivity index (χ0n) is 10.1. The molecule has 2 aliphatic rings. The van der Waals surface area contributed by atoms with Gasteiger partial charge in [-0.25, -0.2) is 0 Å². The predicted octanol–water partition coefficient (Wildman–Crippen LogP) is -0.460. The van der Waals surface area contributed by atoms with E-state index in [2.05, 4.69) is 0 Å². The third kappa shape index (κ3) is 2.38. The molecule has 2 saturated heterocycles. The lowest BCUT2D eigenvalue weighted by Crippen LogP contribution is -2.61. The van der Waals surface area contributed by atoms with Gasteiger partial charge < -0.3 is 29.5 Å². The number of benzene rings is 1. The molecule has 3 rings (SSSR count). The molecule has 6 atom stereocenters. The molecule has 6 nitrogen and oxygen atoms in total. The molecule has 0 spiro atoms. The summed E-state index contributed by atoms with van der Waals surface area (Å²) < 4.78 is 16.3. The number of aliphatic hydroxyl groups excluding tert-OH is 3. The smallest absolute Gasteiger partial charge is 0.184 e. The molecule has 104 valence electrons. The van der Waals surface area contributed by atoms with E-state index < -0.39 is 37.0 Å². The van der Waals surface area contributed by atoms with Crippen molar-refractivity contribution in [3.05, 3.63) is 35.9 Å². The van der Waals surface area contributed by atoms with Crippen molar-refractivity contribution in [2.75, 3.05) is 6.61 Å². The Labute approximate surface area is 110 Å². The third-order valence-corrected chi connectivity index (χ3v) is 3.42. The van der Waals surface area contributed by atoms with Crippen LogP contribution in [0, 0.1) is 0 Å². The van der Waals surface area contributed by atoms with Crippen molar-refractivity contribution in [2.24, 2.45) is 0 Å². The second kappa shape index (κ2) is 5.16. The minimum absolute atomic E-state index is 0.186. The summed E-state index contributed by atoms with van der Waals surface area (Å²) in [4.78, 5) is 0. The van der Waals surface area contributed by atoms with Gasteiger partial charge in [-0.2, -0.15) is 0 Å². The Morgan fingerprint density at radius 2 is 1.68 bits per heavy atom. The van der Waals surface area contributed by atoms with Gasteiger partial charge in [0.25, 0.3) is 0 Å². The molecule has 2 heterocycles. The van der Waals surface area contributed by atoms with Gasteiger partial charge in [0.15, 0.2) is 12.6 Å². The van der Waals surface area contributed by atoms with Crippen molar-refractivity contribution < 1.29 is 29.5 Å². The SMILES string of the molecule is O[C@@H]1[C@H](O)OC2CO[C@H](c3ccccc3)OC2[C@H]1O. The number of aliphatic hydroxyl groups is 3. The average Bonchev–Trinajstić information content (AvgIpc) is 2.46. The summed E-state index contributed by atoms with van der Waals surface area (Å²) in [5, 5.41) is 29.0. The third-order valence-electron chi connectivity index (χ3n) is 3.42. The van der Waals surface area contributed by atoms with E-state index in [0.29, 0.717) is 0 Å². The predicted molar refractivity (Wildman–Crippen MR) is 62.9 cm³/mol. The summed E-state index contributed by atoms with van der Waals surface area (Å²) in [5.41, 5.74) is 0.828. The van der Waals surface area contributed by atoms with Crippen molar-refractivity contribution >= 4 is 0 Å². The second-order valence-electron chi connectivity index (χ2n) is 4.72. The van der Waals surface area contributed by atoms with E-state index in [-0.39, 0.29) is 6.61 Å². The molecule has 1 aromatic rings. The lowest BCUT2D eigenvalue weighted by molar-refractivity contribution is -0.354. The number of rotatable bonds is 1. The lowest BCUT2D eigenvalue weighted by atomic mass is 9.98. The van der Waals surface area contributed by atoms with Crippen LogP contribution in [0.5, 0.6) is 0 Å². The van der Waals surface area contributed by atoms with E-state index in [1.165, 1.54) is 0 Å². The molecule has 3 N–H and O–H groups in total. The van der Waals surface area contributed by atoms with Gasteiger partial charge >= 0.3 is 0 Å². The summed E-state index contributed by atoms with van der Waals surface area (Å²) in [7, 11) is 0. The molecular weight excluding hydrogens is 252 g/mol. The van der Waals surface area contributed by atoms with Crippen LogP contribution < -0.4 is 0 Å². The standard InChI is InChI=1S/C13H16O6/c14-9-10(15)12(16)18-8-6-17-13(19-11(8)9)7-4-2-1-3-5-7/h1-5,8-16H,6H2/t8?,9-,10-,11?,12+,13-/m0/s1. The second-order valence-corrected chi connectivity index (χ2v) is 4.72. The summed E-state index contributed by atoms with van der Waals surface area (Å²) in [6.07, 6.45) is -5.93. The normalized spacial score (nSPS) is 42.7. The highest BCUT2D eigenvalue weighted by molar-refractivity contribution is 5.16. The highest BCUT2D eigenvalue weighted by Gasteiger charge is 2.48. The molecular formula is C13H16O6. The van der Waals surface area contributed by atoms with Crippen molar-refractivity contribution in [3.8, 4) is 0 Å². The van der Waals surface area contributed by atoms with Gasteiger partial charge in [-0.3, -0.25) is 0 Å². The Balaban J connectivity index is 1.75. The van der Waals surface area contributed by atoms with Gasteiger partial charge in [-0.15, -0.1) is 0 Å². The van der Waals surface area contributed by atoms with Gasteiger partial charge in [0, 0.05) is 5.56 Å². The van der Waals surface area contributed by atoms with E-state index in [1.807, 2.05) is 30.3 Å². The Hall–Kier alpha value is -1.02. The van der Waals surface area contributed by atoms with Crippen LogP contribution in [0.3, 0.4) is 0 Å². The zero-order valence-corrected chi connectivity index (χ0v) is 10.1. The summed E-state index contributed by atoms with van der Waals surface area (Å²) in [6, 6.07) is 9.31. The van der Waals surface area contributed by atoms with Crippen molar-refractivity contribution in [1.29, 1.82) is 0 Å². The summed E-state index contributed by atoms with van der Waals surface area (Å²) >= 11 is 0. The van der Waals surface area contributed by atoms with Gasteiger partial charge in [0.1, 0.15) is 24.4 Å². The van der Waals surface area contributed by atoms with Gasteiger partial charge in [0.05, 0.1) is 6.61 Å². The Kier molecular flexibility index (Phi) is 3.53. The molecule has 1 aromatic carbocycles. The van der Waals surface area contributed by atoms with Crippen LogP contribution in [0.1, 0.15) is 11.9 Å². The number of ether oxygens (including phenoxy) is 3. The average molecular weight is 268 g/mol. The molecule has 0 aromatic heterocycles. The van der Waals surface area contributed by atoms with Gasteiger partial charge in [-0.05, 0) is 0 Å². The zero-order chi connectivity index (χ0) is 13.4. The first-order valence-corrected chi connectivity index (χ1v) is 6.18. The van der Waals surface area contributed by atoms with Crippen LogP contribution in [-0.2, 0) is 14.2 Å². The van der Waals surface area contributed by atoms with Crippen LogP contribution in [-0.4, -0.2) is 52.6 Å². The van der Waals surface area contributed by atoms with E-state index >= 15 is 0 Å². The van der Waals surface area contributed by atoms with Crippen LogP contribution >= 0.6 is 0 Å². The maximum Gasteiger partial charge on any atom is 0.184 e. The largest absolute Gasteiger partial charge is 0.387 e. The van der Waals surface area contributed by atoms with Gasteiger partial charge in [-0.1, -0.05) is 30.3 Å². The molecule has 0 radical (unpaired) electrons. The molecule has 0 saturated carbocycles. The van der Waals surface area contributed by atoms with Crippen molar-refractivity contribution in [3.63, 3.8) is 0 Å². The fourth-order valence-electron chi connectivity index (χ4n) is 2.37. The van der Waals surface area contributed by atoms with Crippen LogP contribution in [0.2, 0.25) is 0 Å². The molecule has 2 aliphatic heterocycles. The van der Waals surface area contributed by atoms with E-state index in [1.54, 1.807) is 0 Å². The molecule has 19 heavy (non-hydrogen) atoms. The maximum absolute atomic E-state index is 9.94. The molecule has 2 unspecified atom stereocenters. The highest BCUT2D eigenvalue weighted by atomic mass is 16.7. The van der Waals surface area contributed by atoms with E-state index in [0.717, 1.165) is 5.56 Å². The highest BCUT2D eigenvalue weighted by Crippen LogP contribution is 2.33. The minimum Gasteiger partial charge on any atom is -0.387 e. The monoisotopic (exact) mass is 268 g/mol. The first-order chi connectivity index (χ1) is 9.16. The van der Waals surface area contributed by atoms with Crippen LogP contribution in [0.4, 0.5) is 0 Å². The van der Waals surface area contributed by atoms with Crippen molar-refractivity contribution in [1.82, 2.24) is 0 Å². The fraction of sp³-hybridized carbons (Fsp3) is 0.538. The minimum atomic E-state index is -1.42. The maximum atomic E-state index is 9.94. The fourth-order valence-corrected chi connectivity index (χ4v) is 2.37. The molecule has 0 aliphatic carbocycles. The summed E-state index contributed by atoms with van der Waals surface area (Å²) in [6.45, 7) is 0.186. The Morgan fingerprint density at radius 3 is 2.42 bits per heavy atom. The quantitative estimate of drug-likeness (QED) is 0.639. The first-order valence-electron chi connectivity index (χ1n) is 6.18. The summed E-state index contributed by atoms with van der Waals surface area (Å²) in [5.74, 6) is 0. The topological polar surface area (TPSA) is 88.4 Å². The van der Waals surface area contributed by atoms with Crippen LogP contribution in [0.15, 0.2) is 30.3 Å². The Bertz CT molecular complexity index is 422. The molecule has 0 amide bonds. The lowest BCUT2D eigenvalue weighted by Gasteiger charge is -2.45.